The van der Waals surface area contributed by atoms with Gasteiger partial charge in [0.15, 0.2) is 5.78 Å². The van der Waals surface area contributed by atoms with Crippen molar-refractivity contribution in [2.75, 3.05) is 20.1 Å². The van der Waals surface area contributed by atoms with Crippen molar-refractivity contribution in [2.45, 2.75) is 31.9 Å². The monoisotopic (exact) mass is 511 g/mol. The Hall–Kier alpha value is -4.37. The first-order chi connectivity index (χ1) is 18.4. The Kier molecular flexibility index (Phi) is 7.55. The average molecular weight is 512 g/mol. The van der Waals surface area contributed by atoms with Crippen LogP contribution < -0.4 is 4.74 Å². The number of hydrogen-bond acceptors (Lipinski definition) is 7. The molecule has 1 aliphatic rings. The summed E-state index contributed by atoms with van der Waals surface area (Å²) in [6, 6.07) is 22.3. The van der Waals surface area contributed by atoms with Crippen LogP contribution in [0.3, 0.4) is 0 Å². The summed E-state index contributed by atoms with van der Waals surface area (Å²) in [6.45, 7) is 2.51. The van der Waals surface area contributed by atoms with E-state index in [0.29, 0.717) is 6.54 Å². The fourth-order valence-corrected chi connectivity index (χ4v) is 4.53. The molecule has 5 rings (SSSR count). The molecule has 0 amide bonds. The maximum Gasteiger partial charge on any atom is 0.269 e. The number of benzene rings is 3. The van der Waals surface area contributed by atoms with Crippen molar-refractivity contribution in [3.05, 3.63) is 106 Å². The number of likely N-dealkylation sites (tertiary alicyclic amines) is 1. The number of ether oxygens (including phenoxy) is 1. The zero-order chi connectivity index (χ0) is 26.5. The van der Waals surface area contributed by atoms with Gasteiger partial charge in [0.25, 0.3) is 5.69 Å². The maximum absolute atomic E-state index is 12.8. The number of ketones is 1. The second-order valence-corrected chi connectivity index (χ2v) is 9.67. The zero-order valence-corrected chi connectivity index (χ0v) is 21.2. The lowest BCUT2D eigenvalue weighted by molar-refractivity contribution is -0.384. The van der Waals surface area contributed by atoms with Crippen LogP contribution >= 0.6 is 0 Å². The minimum Gasteiger partial charge on any atom is -0.490 e. The first-order valence-corrected chi connectivity index (χ1v) is 12.6. The molecule has 0 unspecified atom stereocenters. The van der Waals surface area contributed by atoms with E-state index < -0.39 is 4.92 Å². The Morgan fingerprint density at radius 2 is 1.55 bits per heavy atom. The fourth-order valence-electron chi connectivity index (χ4n) is 4.53. The maximum atomic E-state index is 12.8. The van der Waals surface area contributed by atoms with Gasteiger partial charge in [0.1, 0.15) is 17.5 Å². The van der Waals surface area contributed by atoms with Crippen LogP contribution in [0.25, 0.3) is 11.1 Å². The first kappa shape index (κ1) is 25.3. The summed E-state index contributed by atoms with van der Waals surface area (Å²) in [6.07, 6.45) is 4.20. The lowest BCUT2D eigenvalue weighted by Gasteiger charge is -2.29. The number of carbonyl (C=O) groups is 1. The van der Waals surface area contributed by atoms with Crippen LogP contribution in [0.5, 0.6) is 5.75 Å². The number of nitro groups is 1. The lowest BCUT2D eigenvalue weighted by atomic mass is 10.0. The van der Waals surface area contributed by atoms with Crippen molar-refractivity contribution < 1.29 is 14.5 Å². The van der Waals surface area contributed by atoms with E-state index in [-0.39, 0.29) is 29.7 Å². The van der Waals surface area contributed by atoms with E-state index in [0.717, 1.165) is 53.9 Å². The molecule has 0 spiro atoms. The van der Waals surface area contributed by atoms with Crippen molar-refractivity contribution >= 4 is 11.5 Å². The highest BCUT2D eigenvalue weighted by atomic mass is 16.6. The summed E-state index contributed by atoms with van der Waals surface area (Å²) < 4.78 is 7.70. The summed E-state index contributed by atoms with van der Waals surface area (Å²) in [5, 5.41) is 18.9. The summed E-state index contributed by atoms with van der Waals surface area (Å²) in [5.74, 6) is 0.773. The summed E-state index contributed by atoms with van der Waals surface area (Å²) in [5.41, 5.74) is 4.20. The van der Waals surface area contributed by atoms with Gasteiger partial charge in [-0.15, -0.1) is 5.10 Å². The molecule has 0 aliphatic carbocycles. The smallest absolute Gasteiger partial charge is 0.269 e. The van der Waals surface area contributed by atoms with E-state index in [1.54, 1.807) is 23.0 Å². The first-order valence-electron chi connectivity index (χ1n) is 12.6. The molecule has 1 fully saturated rings. The van der Waals surface area contributed by atoms with Gasteiger partial charge in [-0.2, -0.15) is 0 Å². The van der Waals surface area contributed by atoms with Crippen LogP contribution in [0.1, 0.15) is 34.5 Å². The number of aromatic nitrogens is 3. The average Bonchev–Trinajstić information content (AvgIpc) is 3.40. The molecular formula is C29H29N5O4. The molecule has 9 heteroatoms. The molecule has 0 bridgehead atoms. The number of hydrogen-bond donors (Lipinski definition) is 0. The Morgan fingerprint density at radius 1 is 0.947 bits per heavy atom. The second-order valence-electron chi connectivity index (χ2n) is 9.67. The van der Waals surface area contributed by atoms with Crippen LogP contribution in [0.2, 0.25) is 0 Å². The molecule has 3 aromatic carbocycles. The van der Waals surface area contributed by atoms with Gasteiger partial charge in [-0.3, -0.25) is 14.9 Å². The van der Waals surface area contributed by atoms with E-state index in [4.69, 9.17) is 4.74 Å². The van der Waals surface area contributed by atoms with E-state index in [2.05, 4.69) is 34.4 Å². The minimum atomic E-state index is -0.439. The van der Waals surface area contributed by atoms with Crippen LogP contribution in [0, 0.1) is 10.1 Å². The zero-order valence-electron chi connectivity index (χ0n) is 21.2. The van der Waals surface area contributed by atoms with Gasteiger partial charge >= 0.3 is 0 Å². The molecule has 38 heavy (non-hydrogen) atoms. The van der Waals surface area contributed by atoms with Crippen LogP contribution in [0.15, 0.2) is 79.0 Å². The third kappa shape index (κ3) is 6.30. The number of piperidine rings is 1. The van der Waals surface area contributed by atoms with Gasteiger partial charge in [-0.05, 0) is 54.3 Å². The van der Waals surface area contributed by atoms with E-state index >= 15 is 0 Å². The Balaban J connectivity index is 1.15. The molecule has 2 heterocycles. The van der Waals surface area contributed by atoms with Gasteiger partial charge < -0.3 is 9.64 Å². The van der Waals surface area contributed by atoms with Gasteiger partial charge in [-0.1, -0.05) is 53.7 Å². The van der Waals surface area contributed by atoms with Crippen molar-refractivity contribution in [1.82, 2.24) is 19.9 Å². The Labute approximate surface area is 220 Å². The summed E-state index contributed by atoms with van der Waals surface area (Å²) in [4.78, 5) is 25.5. The summed E-state index contributed by atoms with van der Waals surface area (Å²) in [7, 11) is 2.14. The van der Waals surface area contributed by atoms with Gasteiger partial charge in [0.2, 0.25) is 0 Å². The molecule has 1 aliphatic heterocycles. The van der Waals surface area contributed by atoms with Crippen LogP contribution in [-0.4, -0.2) is 56.8 Å². The molecule has 194 valence electrons. The lowest BCUT2D eigenvalue weighted by Crippen LogP contribution is -2.35. The second kappa shape index (κ2) is 11.4. The molecular weight excluding hydrogens is 482 g/mol. The number of carbonyl (C=O) groups excluding carboxylic acids is 1. The molecule has 0 saturated carbocycles. The Bertz CT molecular complexity index is 1390. The molecule has 0 N–H and O–H groups in total. The number of non-ortho nitro benzene ring substituents is 1. The van der Waals surface area contributed by atoms with Crippen LogP contribution in [0.4, 0.5) is 5.69 Å². The molecule has 1 aromatic heterocycles. The minimum absolute atomic E-state index is 0.0308. The quantitative estimate of drug-likeness (QED) is 0.181. The predicted octanol–water partition coefficient (Wildman–Crippen LogP) is 4.80. The highest BCUT2D eigenvalue weighted by molar-refractivity contribution is 5.95. The van der Waals surface area contributed by atoms with Gasteiger partial charge in [-0.25, -0.2) is 4.68 Å². The third-order valence-corrected chi connectivity index (χ3v) is 6.79. The molecule has 9 nitrogen and oxygen atoms in total. The van der Waals surface area contributed by atoms with Crippen molar-refractivity contribution in [3.8, 4) is 16.9 Å². The van der Waals surface area contributed by atoms with Crippen molar-refractivity contribution in [2.24, 2.45) is 0 Å². The van der Waals surface area contributed by atoms with E-state index in [9.17, 15) is 14.9 Å². The molecule has 0 radical (unpaired) electrons. The number of nitrogens with zero attached hydrogens (tertiary/aromatic N) is 5. The topological polar surface area (TPSA) is 103 Å². The predicted molar refractivity (Wildman–Crippen MR) is 143 cm³/mol. The normalized spacial score (nSPS) is 14.3. The number of nitro benzene ring substituents is 1. The third-order valence-electron chi connectivity index (χ3n) is 6.79. The molecule has 4 aromatic rings. The van der Waals surface area contributed by atoms with Crippen molar-refractivity contribution in [1.29, 1.82) is 0 Å². The Morgan fingerprint density at radius 3 is 2.18 bits per heavy atom. The molecule has 1 saturated heterocycles. The highest BCUT2D eigenvalue weighted by Crippen LogP contribution is 2.25. The van der Waals surface area contributed by atoms with E-state index in [1.165, 1.54) is 12.1 Å². The SMILES string of the molecule is CN1CCC(Oc2ccc(-c3ccc(CC(=O)c4cn(Cc5ccc([N+](=O)[O-])cc5)nn4)cc3)cc2)CC1. The largest absolute Gasteiger partial charge is 0.490 e. The number of Topliss-reactive ketones (excluding diaryl/α,β-unsaturated/α-hetero) is 1. The number of rotatable bonds is 9. The summed E-state index contributed by atoms with van der Waals surface area (Å²) >= 11 is 0. The van der Waals surface area contributed by atoms with E-state index in [1.807, 2.05) is 36.4 Å². The fraction of sp³-hybridized carbons (Fsp3) is 0.276. The van der Waals surface area contributed by atoms with Crippen molar-refractivity contribution in [3.63, 3.8) is 0 Å². The van der Waals surface area contributed by atoms with Gasteiger partial charge in [0.05, 0.1) is 17.7 Å². The molecule has 0 atom stereocenters. The highest BCUT2D eigenvalue weighted by Gasteiger charge is 2.18. The van der Waals surface area contributed by atoms with Gasteiger partial charge in [0, 0.05) is 31.6 Å². The standard InChI is InChI=1S/C29H29N5O4/c1-32-16-14-27(15-17-32)38-26-12-8-24(9-13-26)23-6-2-21(3-7-23)18-29(35)28-20-33(31-30-28)19-22-4-10-25(11-5-22)34(36)37/h2-13,20,27H,14-19H2,1H3. The van der Waals surface area contributed by atoms with Crippen LogP contribution in [-0.2, 0) is 13.0 Å².